The van der Waals surface area contributed by atoms with Gasteiger partial charge in [0.1, 0.15) is 22.9 Å². The number of nitriles is 1. The Kier molecular flexibility index (Phi) is 6.83. The van der Waals surface area contributed by atoms with Crippen molar-refractivity contribution in [2.45, 2.75) is 26.8 Å². The molecule has 10 heteroatoms. The number of aliphatic carboxylic acids is 1. The summed E-state index contributed by atoms with van der Waals surface area (Å²) < 4.78 is 5.20. The van der Waals surface area contributed by atoms with Crippen LogP contribution < -0.4 is 15.0 Å². The standard InChI is InChI=1S/C27H23N3O6S/c1-13(2)22(27(34)35)29-23(31)16-7-10-18-19(11-16)25(33)30(24(18)32)26-20(12-28)21(14(3)37-26)15-5-8-17(36-4)9-6-15/h5-11,13,22H,1-4H3,(H,29,31)(H,34,35)/t22-/m0/s1. The number of nitrogens with one attached hydrogen (secondary N) is 1. The van der Waals surface area contributed by atoms with Gasteiger partial charge in [0.25, 0.3) is 17.7 Å². The highest BCUT2D eigenvalue weighted by Crippen LogP contribution is 2.44. The van der Waals surface area contributed by atoms with Gasteiger partial charge in [-0.25, -0.2) is 9.69 Å². The third-order valence-electron chi connectivity index (χ3n) is 6.13. The minimum Gasteiger partial charge on any atom is -0.497 e. The molecule has 1 aliphatic rings. The van der Waals surface area contributed by atoms with Gasteiger partial charge in [0.2, 0.25) is 0 Å². The van der Waals surface area contributed by atoms with Crippen molar-refractivity contribution >= 4 is 40.0 Å². The fourth-order valence-corrected chi connectivity index (χ4v) is 5.32. The van der Waals surface area contributed by atoms with E-state index >= 15 is 0 Å². The number of aryl methyl sites for hydroxylation is 1. The number of nitrogens with zero attached hydrogens (tertiary/aromatic N) is 2. The first kappa shape index (κ1) is 25.6. The molecular formula is C27H23N3O6S. The molecule has 0 radical (unpaired) electrons. The maximum atomic E-state index is 13.4. The van der Waals surface area contributed by atoms with Gasteiger partial charge in [0, 0.05) is 16.0 Å². The fraction of sp³-hybridized carbons (Fsp3) is 0.222. The van der Waals surface area contributed by atoms with Crippen LogP contribution in [0.15, 0.2) is 42.5 Å². The van der Waals surface area contributed by atoms with Gasteiger partial charge in [-0.3, -0.25) is 14.4 Å². The molecule has 0 spiro atoms. The summed E-state index contributed by atoms with van der Waals surface area (Å²) in [5, 5.41) is 22.0. The van der Waals surface area contributed by atoms with Crippen molar-refractivity contribution in [3.05, 3.63) is 69.6 Å². The van der Waals surface area contributed by atoms with E-state index in [1.54, 1.807) is 45.2 Å². The Morgan fingerprint density at radius 1 is 1.08 bits per heavy atom. The lowest BCUT2D eigenvalue weighted by Gasteiger charge is -2.18. The van der Waals surface area contributed by atoms with E-state index in [2.05, 4.69) is 11.4 Å². The van der Waals surface area contributed by atoms with Crippen LogP contribution in [0.1, 0.15) is 55.4 Å². The Balaban J connectivity index is 1.70. The summed E-state index contributed by atoms with van der Waals surface area (Å²) in [5.41, 5.74) is 1.72. The largest absolute Gasteiger partial charge is 0.497 e. The number of carbonyl (C=O) groups is 4. The molecular weight excluding hydrogens is 494 g/mol. The number of imide groups is 1. The molecule has 3 aromatic rings. The average Bonchev–Trinajstić information content (AvgIpc) is 3.33. The Bertz CT molecular complexity index is 1480. The van der Waals surface area contributed by atoms with E-state index in [-0.39, 0.29) is 33.2 Å². The first-order valence-corrected chi connectivity index (χ1v) is 12.1. The van der Waals surface area contributed by atoms with Crippen molar-refractivity contribution in [3.63, 3.8) is 0 Å². The molecule has 188 valence electrons. The van der Waals surface area contributed by atoms with Crippen LogP contribution in [-0.2, 0) is 4.79 Å². The Labute approximate surface area is 216 Å². The predicted molar refractivity (Wildman–Crippen MR) is 137 cm³/mol. The van der Waals surface area contributed by atoms with Crippen molar-refractivity contribution in [2.75, 3.05) is 12.0 Å². The van der Waals surface area contributed by atoms with Crippen LogP contribution in [-0.4, -0.2) is 41.9 Å². The molecule has 2 heterocycles. The Hall–Kier alpha value is -4.49. The normalized spacial score (nSPS) is 13.4. The van der Waals surface area contributed by atoms with Gasteiger partial charge in [-0.1, -0.05) is 26.0 Å². The van der Waals surface area contributed by atoms with E-state index in [9.17, 15) is 29.5 Å². The highest BCUT2D eigenvalue weighted by molar-refractivity contribution is 7.17. The lowest BCUT2D eigenvalue weighted by Crippen LogP contribution is -2.44. The SMILES string of the molecule is COc1ccc(-c2c(C)sc(N3C(=O)c4ccc(C(=O)N[C@H](C(=O)O)C(C)C)cc4C3=O)c2C#N)cc1. The van der Waals surface area contributed by atoms with Gasteiger partial charge in [0.15, 0.2) is 0 Å². The monoisotopic (exact) mass is 517 g/mol. The number of hydrogen-bond donors (Lipinski definition) is 2. The predicted octanol–water partition coefficient (Wildman–Crippen LogP) is 4.24. The van der Waals surface area contributed by atoms with Crippen LogP contribution in [0.3, 0.4) is 0 Å². The number of fused-ring (bicyclic) bond motifs is 1. The minimum atomic E-state index is -1.17. The average molecular weight is 518 g/mol. The van der Waals surface area contributed by atoms with Crippen LogP contribution in [0.4, 0.5) is 5.00 Å². The molecule has 0 bridgehead atoms. The smallest absolute Gasteiger partial charge is 0.326 e. The van der Waals surface area contributed by atoms with E-state index in [1.807, 2.05) is 6.92 Å². The number of anilines is 1. The van der Waals surface area contributed by atoms with Gasteiger partial charge < -0.3 is 15.2 Å². The summed E-state index contributed by atoms with van der Waals surface area (Å²) in [7, 11) is 1.55. The van der Waals surface area contributed by atoms with Crippen LogP contribution in [0, 0.1) is 24.2 Å². The molecule has 0 saturated heterocycles. The van der Waals surface area contributed by atoms with Gasteiger partial charge >= 0.3 is 5.97 Å². The molecule has 9 nitrogen and oxygen atoms in total. The fourth-order valence-electron chi connectivity index (χ4n) is 4.20. The van der Waals surface area contributed by atoms with Crippen LogP contribution in [0.5, 0.6) is 5.75 Å². The van der Waals surface area contributed by atoms with Crippen LogP contribution >= 0.6 is 11.3 Å². The number of carbonyl (C=O) groups excluding carboxylic acids is 3. The van der Waals surface area contributed by atoms with Gasteiger partial charge in [-0.05, 0) is 48.7 Å². The zero-order valence-corrected chi connectivity index (χ0v) is 21.3. The third kappa shape index (κ3) is 4.45. The second kappa shape index (κ2) is 9.87. The Morgan fingerprint density at radius 2 is 1.73 bits per heavy atom. The summed E-state index contributed by atoms with van der Waals surface area (Å²) in [5.74, 6) is -2.82. The lowest BCUT2D eigenvalue weighted by molar-refractivity contribution is -0.140. The number of benzene rings is 2. The molecule has 0 fully saturated rings. The van der Waals surface area contributed by atoms with E-state index in [0.29, 0.717) is 11.3 Å². The van der Waals surface area contributed by atoms with Crippen molar-refractivity contribution in [2.24, 2.45) is 5.92 Å². The number of ether oxygens (including phenoxy) is 1. The summed E-state index contributed by atoms with van der Waals surface area (Å²) in [6.07, 6.45) is 0. The number of thiophene rings is 1. The van der Waals surface area contributed by atoms with E-state index in [0.717, 1.165) is 26.7 Å². The van der Waals surface area contributed by atoms with Gasteiger partial charge in [0.05, 0.1) is 23.8 Å². The van der Waals surface area contributed by atoms with Crippen molar-refractivity contribution in [1.82, 2.24) is 5.32 Å². The minimum absolute atomic E-state index is 0.00927. The number of amides is 3. The number of methoxy groups -OCH3 is 1. The van der Waals surface area contributed by atoms with Gasteiger partial charge in [-0.2, -0.15) is 5.26 Å². The van der Waals surface area contributed by atoms with E-state index in [1.165, 1.54) is 18.2 Å². The second-order valence-electron chi connectivity index (χ2n) is 8.79. The molecule has 2 N–H and O–H groups in total. The maximum absolute atomic E-state index is 13.4. The molecule has 1 aromatic heterocycles. The van der Waals surface area contributed by atoms with Crippen molar-refractivity contribution in [1.29, 1.82) is 5.26 Å². The van der Waals surface area contributed by atoms with Gasteiger partial charge in [-0.15, -0.1) is 11.3 Å². The topological polar surface area (TPSA) is 137 Å². The third-order valence-corrected chi connectivity index (χ3v) is 7.22. The molecule has 0 aliphatic carbocycles. The molecule has 1 atom stereocenters. The van der Waals surface area contributed by atoms with E-state index < -0.39 is 29.7 Å². The summed E-state index contributed by atoms with van der Waals surface area (Å²) in [4.78, 5) is 52.5. The number of carboxylic acid groups (broad SMARTS) is 1. The first-order valence-electron chi connectivity index (χ1n) is 11.3. The van der Waals surface area contributed by atoms with Crippen LogP contribution in [0.2, 0.25) is 0 Å². The maximum Gasteiger partial charge on any atom is 0.326 e. The highest BCUT2D eigenvalue weighted by atomic mass is 32.1. The number of carboxylic acids is 1. The summed E-state index contributed by atoms with van der Waals surface area (Å²) >= 11 is 1.16. The second-order valence-corrected chi connectivity index (χ2v) is 10.00. The van der Waals surface area contributed by atoms with Crippen molar-refractivity contribution < 1.29 is 29.0 Å². The summed E-state index contributed by atoms with van der Waals surface area (Å²) in [6.45, 7) is 5.14. The summed E-state index contributed by atoms with van der Waals surface area (Å²) in [6, 6.07) is 12.2. The Morgan fingerprint density at radius 3 is 2.30 bits per heavy atom. The number of hydrogen-bond acceptors (Lipinski definition) is 7. The van der Waals surface area contributed by atoms with Crippen LogP contribution in [0.25, 0.3) is 11.1 Å². The number of rotatable bonds is 7. The molecule has 37 heavy (non-hydrogen) atoms. The molecule has 1 aliphatic heterocycles. The molecule has 2 aromatic carbocycles. The highest BCUT2D eigenvalue weighted by Gasteiger charge is 2.40. The van der Waals surface area contributed by atoms with E-state index in [4.69, 9.17) is 4.74 Å². The molecule has 0 saturated carbocycles. The molecule has 4 rings (SSSR count). The van der Waals surface area contributed by atoms with Crippen molar-refractivity contribution in [3.8, 4) is 22.9 Å². The molecule has 3 amide bonds. The zero-order chi connectivity index (χ0) is 27.0. The zero-order valence-electron chi connectivity index (χ0n) is 20.5. The quantitative estimate of drug-likeness (QED) is 0.447. The molecule has 0 unspecified atom stereocenters. The first-order chi connectivity index (χ1) is 17.6. The lowest BCUT2D eigenvalue weighted by atomic mass is 10.0.